The van der Waals surface area contributed by atoms with Crippen molar-refractivity contribution in [3.05, 3.63) is 51.4 Å². The van der Waals surface area contributed by atoms with Crippen molar-refractivity contribution in [2.24, 2.45) is 0 Å². The number of rotatable bonds is 6. The number of nitrogens with zero attached hydrogens (tertiary/aromatic N) is 2. The van der Waals surface area contributed by atoms with Crippen molar-refractivity contribution in [2.45, 2.75) is 53.1 Å². The second-order valence-corrected chi connectivity index (χ2v) is 5.58. The minimum atomic E-state index is -0.0625. The van der Waals surface area contributed by atoms with Crippen molar-refractivity contribution in [2.75, 3.05) is 5.73 Å². The summed E-state index contributed by atoms with van der Waals surface area (Å²) in [6.07, 6.45) is 2.82. The summed E-state index contributed by atoms with van der Waals surface area (Å²) in [5, 5.41) is 0. The van der Waals surface area contributed by atoms with Gasteiger partial charge in [0.05, 0.1) is 12.2 Å². The minimum Gasteiger partial charge on any atom is -0.393 e. The van der Waals surface area contributed by atoms with Gasteiger partial charge in [-0.05, 0) is 25.3 Å². The van der Waals surface area contributed by atoms with Gasteiger partial charge >= 0.3 is 0 Å². The maximum atomic E-state index is 12.4. The van der Waals surface area contributed by atoms with Gasteiger partial charge in [-0.25, -0.2) is 4.68 Å². The molecule has 0 radical (unpaired) electrons. The number of aryl methyl sites for hydroxylation is 1. The molecule has 0 spiro atoms. The summed E-state index contributed by atoms with van der Waals surface area (Å²) in [5.41, 5.74) is 9.73. The molecule has 114 valence electrons. The van der Waals surface area contributed by atoms with E-state index >= 15 is 0 Å². The van der Waals surface area contributed by atoms with Crippen molar-refractivity contribution >= 4 is 5.69 Å². The summed E-state index contributed by atoms with van der Waals surface area (Å²) in [7, 11) is 0. The highest BCUT2D eigenvalue weighted by Crippen LogP contribution is 2.14. The molecule has 2 aromatic rings. The third kappa shape index (κ3) is 3.20. The highest BCUT2D eigenvalue weighted by Gasteiger charge is 2.16. The molecule has 0 aliphatic heterocycles. The van der Waals surface area contributed by atoms with Gasteiger partial charge in [-0.2, -0.15) is 0 Å². The largest absolute Gasteiger partial charge is 0.393 e. The van der Waals surface area contributed by atoms with E-state index in [0.29, 0.717) is 12.2 Å². The molecular formula is C17H25N3O. The van der Waals surface area contributed by atoms with E-state index in [1.165, 1.54) is 5.56 Å². The Hall–Kier alpha value is -1.97. The molecule has 0 atom stereocenters. The molecule has 1 aromatic heterocycles. The van der Waals surface area contributed by atoms with Crippen LogP contribution in [0.25, 0.3) is 0 Å². The molecule has 0 bridgehead atoms. The van der Waals surface area contributed by atoms with E-state index in [4.69, 9.17) is 5.73 Å². The third-order valence-electron chi connectivity index (χ3n) is 3.75. The predicted octanol–water partition coefficient (Wildman–Crippen LogP) is 2.95. The Kier molecular flexibility index (Phi) is 4.89. The van der Waals surface area contributed by atoms with Crippen LogP contribution in [-0.4, -0.2) is 9.36 Å². The summed E-state index contributed by atoms with van der Waals surface area (Å²) in [4.78, 5) is 12.4. The SMILES string of the molecule is CCCc1c(N)c(=O)n(Cc2ccc(C)cc2)n1CCC. The molecule has 1 aromatic carbocycles. The predicted molar refractivity (Wildman–Crippen MR) is 87.7 cm³/mol. The number of aromatic nitrogens is 2. The van der Waals surface area contributed by atoms with Gasteiger partial charge in [0.25, 0.3) is 5.56 Å². The van der Waals surface area contributed by atoms with Crippen LogP contribution in [0.4, 0.5) is 5.69 Å². The van der Waals surface area contributed by atoms with Crippen LogP contribution in [0.1, 0.15) is 43.5 Å². The summed E-state index contributed by atoms with van der Waals surface area (Å²) in [6.45, 7) is 7.69. The Labute approximate surface area is 126 Å². The zero-order valence-corrected chi connectivity index (χ0v) is 13.2. The van der Waals surface area contributed by atoms with E-state index in [9.17, 15) is 4.79 Å². The summed E-state index contributed by atoms with van der Waals surface area (Å²) >= 11 is 0. The zero-order valence-electron chi connectivity index (χ0n) is 13.2. The number of anilines is 1. The summed E-state index contributed by atoms with van der Waals surface area (Å²) in [5.74, 6) is 0. The van der Waals surface area contributed by atoms with E-state index in [0.717, 1.165) is 37.1 Å². The maximum Gasteiger partial charge on any atom is 0.290 e. The number of hydrogen-bond acceptors (Lipinski definition) is 2. The number of benzene rings is 1. The van der Waals surface area contributed by atoms with E-state index < -0.39 is 0 Å². The van der Waals surface area contributed by atoms with Crippen LogP contribution < -0.4 is 11.3 Å². The Morgan fingerprint density at radius 1 is 1.05 bits per heavy atom. The molecule has 0 saturated carbocycles. The lowest BCUT2D eigenvalue weighted by molar-refractivity contribution is 0.449. The smallest absolute Gasteiger partial charge is 0.290 e. The van der Waals surface area contributed by atoms with Crippen molar-refractivity contribution in [1.82, 2.24) is 9.36 Å². The lowest BCUT2D eigenvalue weighted by Crippen LogP contribution is -2.25. The molecule has 0 saturated heterocycles. The fourth-order valence-electron chi connectivity index (χ4n) is 2.65. The highest BCUT2D eigenvalue weighted by molar-refractivity contribution is 5.42. The zero-order chi connectivity index (χ0) is 15.4. The molecule has 0 amide bonds. The van der Waals surface area contributed by atoms with E-state index in [2.05, 4.69) is 49.7 Å². The molecule has 4 heteroatoms. The molecule has 21 heavy (non-hydrogen) atoms. The Morgan fingerprint density at radius 3 is 2.29 bits per heavy atom. The molecule has 0 fully saturated rings. The second kappa shape index (κ2) is 6.66. The minimum absolute atomic E-state index is 0.0625. The lowest BCUT2D eigenvalue weighted by atomic mass is 10.1. The van der Waals surface area contributed by atoms with Gasteiger partial charge in [-0.3, -0.25) is 9.48 Å². The average Bonchev–Trinajstić information content (AvgIpc) is 2.68. The summed E-state index contributed by atoms with van der Waals surface area (Å²) in [6, 6.07) is 8.29. The fourth-order valence-corrected chi connectivity index (χ4v) is 2.65. The van der Waals surface area contributed by atoms with E-state index in [1.807, 2.05) is 0 Å². The van der Waals surface area contributed by atoms with Crippen LogP contribution in [0.5, 0.6) is 0 Å². The first-order chi connectivity index (χ1) is 10.1. The van der Waals surface area contributed by atoms with Crippen molar-refractivity contribution in [1.29, 1.82) is 0 Å². The monoisotopic (exact) mass is 287 g/mol. The lowest BCUT2D eigenvalue weighted by Gasteiger charge is -2.14. The molecule has 0 aliphatic carbocycles. The summed E-state index contributed by atoms with van der Waals surface area (Å²) < 4.78 is 3.86. The van der Waals surface area contributed by atoms with Gasteiger partial charge in [0, 0.05) is 6.54 Å². The maximum absolute atomic E-state index is 12.4. The topological polar surface area (TPSA) is 53.0 Å². The van der Waals surface area contributed by atoms with Gasteiger partial charge in [-0.1, -0.05) is 50.1 Å². The van der Waals surface area contributed by atoms with Crippen LogP contribution >= 0.6 is 0 Å². The van der Waals surface area contributed by atoms with Gasteiger partial charge in [-0.15, -0.1) is 0 Å². The van der Waals surface area contributed by atoms with E-state index in [-0.39, 0.29) is 5.56 Å². The number of hydrogen-bond donors (Lipinski definition) is 1. The second-order valence-electron chi connectivity index (χ2n) is 5.58. The molecule has 0 aliphatic rings. The number of nitrogen functional groups attached to an aromatic ring is 1. The van der Waals surface area contributed by atoms with E-state index in [1.54, 1.807) is 4.68 Å². The van der Waals surface area contributed by atoms with Gasteiger partial charge < -0.3 is 5.73 Å². The van der Waals surface area contributed by atoms with Gasteiger partial charge in [0.1, 0.15) is 5.69 Å². The molecule has 1 heterocycles. The quantitative estimate of drug-likeness (QED) is 0.888. The van der Waals surface area contributed by atoms with Crippen LogP contribution in [0, 0.1) is 6.92 Å². The first-order valence-corrected chi connectivity index (χ1v) is 7.72. The van der Waals surface area contributed by atoms with Crippen molar-refractivity contribution < 1.29 is 0 Å². The standard InChI is InChI=1S/C17H25N3O/c1-4-6-15-16(18)17(21)20(19(15)11-5-2)12-14-9-7-13(3)8-10-14/h7-10H,4-6,11-12,18H2,1-3H3. The van der Waals surface area contributed by atoms with Crippen molar-refractivity contribution in [3.8, 4) is 0 Å². The number of nitrogens with two attached hydrogens (primary N) is 1. The van der Waals surface area contributed by atoms with Crippen molar-refractivity contribution in [3.63, 3.8) is 0 Å². The van der Waals surface area contributed by atoms with Crippen LogP contribution in [0.2, 0.25) is 0 Å². The Bertz CT molecular complexity index is 650. The Balaban J connectivity index is 2.44. The molecular weight excluding hydrogens is 262 g/mol. The molecule has 2 N–H and O–H groups in total. The van der Waals surface area contributed by atoms with Crippen LogP contribution in [0.15, 0.2) is 29.1 Å². The normalized spacial score (nSPS) is 11.0. The van der Waals surface area contributed by atoms with Gasteiger partial charge in [0.15, 0.2) is 0 Å². The third-order valence-corrected chi connectivity index (χ3v) is 3.75. The first kappa shape index (κ1) is 15.4. The first-order valence-electron chi connectivity index (χ1n) is 7.72. The van der Waals surface area contributed by atoms with Crippen LogP contribution in [0.3, 0.4) is 0 Å². The highest BCUT2D eigenvalue weighted by atomic mass is 16.1. The van der Waals surface area contributed by atoms with Gasteiger partial charge in [0.2, 0.25) is 0 Å². The fraction of sp³-hybridized carbons (Fsp3) is 0.471. The molecule has 2 rings (SSSR count). The molecule has 0 unspecified atom stereocenters. The Morgan fingerprint density at radius 2 is 1.71 bits per heavy atom. The van der Waals surface area contributed by atoms with Crippen LogP contribution in [-0.2, 0) is 19.5 Å². The molecule has 4 nitrogen and oxygen atoms in total. The average molecular weight is 287 g/mol.